The van der Waals surface area contributed by atoms with E-state index in [2.05, 4.69) is 18.7 Å². The fourth-order valence-corrected chi connectivity index (χ4v) is 1.37. The maximum atomic E-state index is 5.95. The van der Waals surface area contributed by atoms with Gasteiger partial charge in [0.1, 0.15) is 5.75 Å². The summed E-state index contributed by atoms with van der Waals surface area (Å²) >= 11 is 5.95. The number of benzene rings is 1. The van der Waals surface area contributed by atoms with E-state index < -0.39 is 0 Å². The molecule has 0 aliphatic rings. The molecule has 1 rings (SSSR count). The zero-order valence-corrected chi connectivity index (χ0v) is 7.93. The zero-order chi connectivity index (χ0) is 9.14. The van der Waals surface area contributed by atoms with E-state index in [1.165, 1.54) is 0 Å². The average molecular weight is 186 g/mol. The van der Waals surface area contributed by atoms with E-state index in [-0.39, 0.29) is 0 Å². The minimum Gasteiger partial charge on any atom is -0.412 e. The highest BCUT2D eigenvalue weighted by atomic mass is 35.5. The first-order valence-corrected chi connectivity index (χ1v) is 4.19. The van der Waals surface area contributed by atoms with Crippen molar-refractivity contribution >= 4 is 11.6 Å². The minimum absolute atomic E-state index is 0.382. The van der Waals surface area contributed by atoms with Crippen LogP contribution in [0.1, 0.15) is 25.3 Å². The van der Waals surface area contributed by atoms with Crippen LogP contribution in [0.2, 0.25) is 5.02 Å². The summed E-state index contributed by atoms with van der Waals surface area (Å²) in [5, 5.41) is 0.755. The Labute approximate surface area is 77.2 Å². The second-order valence-corrected chi connectivity index (χ2v) is 3.36. The molecule has 0 amide bonds. The van der Waals surface area contributed by atoms with Gasteiger partial charge in [-0.25, -0.2) is 0 Å². The summed E-state index contributed by atoms with van der Waals surface area (Å²) in [6.45, 7) is 4.14. The lowest BCUT2D eigenvalue weighted by Crippen LogP contribution is -2.02. The van der Waals surface area contributed by atoms with Crippen LogP contribution < -0.4 is 10.7 Å². The SMILES string of the molecule is CC(C)c1cc(ON)ccc1Cl. The van der Waals surface area contributed by atoms with Crippen LogP contribution in [-0.2, 0) is 0 Å². The average Bonchev–Trinajstić information content (AvgIpc) is 2.05. The van der Waals surface area contributed by atoms with Crippen LogP contribution in [0.15, 0.2) is 18.2 Å². The molecule has 0 bridgehead atoms. The van der Waals surface area contributed by atoms with Crippen LogP contribution in [0.4, 0.5) is 0 Å². The van der Waals surface area contributed by atoms with Crippen LogP contribution in [0.3, 0.4) is 0 Å². The van der Waals surface area contributed by atoms with Crippen molar-refractivity contribution in [2.24, 2.45) is 5.90 Å². The van der Waals surface area contributed by atoms with Gasteiger partial charge in [-0.1, -0.05) is 25.4 Å². The van der Waals surface area contributed by atoms with Crippen molar-refractivity contribution < 1.29 is 4.84 Å². The van der Waals surface area contributed by atoms with E-state index in [1.54, 1.807) is 12.1 Å². The monoisotopic (exact) mass is 185 g/mol. The molecule has 0 saturated heterocycles. The summed E-state index contributed by atoms with van der Waals surface area (Å²) in [4.78, 5) is 4.60. The Morgan fingerprint density at radius 3 is 2.58 bits per heavy atom. The van der Waals surface area contributed by atoms with Gasteiger partial charge in [0.15, 0.2) is 0 Å². The molecule has 3 heteroatoms. The number of halogens is 1. The third-order valence-electron chi connectivity index (χ3n) is 1.73. The smallest absolute Gasteiger partial charge is 0.147 e. The van der Waals surface area contributed by atoms with E-state index >= 15 is 0 Å². The normalized spacial score (nSPS) is 10.4. The molecule has 1 aromatic rings. The second-order valence-electron chi connectivity index (χ2n) is 2.96. The van der Waals surface area contributed by atoms with Gasteiger partial charge in [0.25, 0.3) is 0 Å². The molecule has 0 spiro atoms. The predicted octanol–water partition coefficient (Wildman–Crippen LogP) is 2.72. The molecular weight excluding hydrogens is 174 g/mol. The van der Waals surface area contributed by atoms with Gasteiger partial charge in [-0.15, -0.1) is 0 Å². The summed E-state index contributed by atoms with van der Waals surface area (Å²) < 4.78 is 0. The molecule has 0 radical (unpaired) electrons. The highest BCUT2D eigenvalue weighted by molar-refractivity contribution is 6.31. The van der Waals surface area contributed by atoms with Gasteiger partial charge >= 0.3 is 0 Å². The molecule has 0 aliphatic heterocycles. The van der Waals surface area contributed by atoms with Crippen molar-refractivity contribution in [3.05, 3.63) is 28.8 Å². The molecule has 66 valence electrons. The van der Waals surface area contributed by atoms with Crippen LogP contribution in [-0.4, -0.2) is 0 Å². The second kappa shape index (κ2) is 3.78. The van der Waals surface area contributed by atoms with E-state index in [4.69, 9.17) is 17.5 Å². The lowest BCUT2D eigenvalue weighted by Gasteiger charge is -2.08. The van der Waals surface area contributed by atoms with Crippen molar-refractivity contribution in [2.75, 3.05) is 0 Å². The molecule has 0 unspecified atom stereocenters. The third-order valence-corrected chi connectivity index (χ3v) is 2.07. The van der Waals surface area contributed by atoms with E-state index in [1.807, 2.05) is 6.07 Å². The largest absolute Gasteiger partial charge is 0.412 e. The number of nitrogens with two attached hydrogens (primary N) is 1. The fourth-order valence-electron chi connectivity index (χ4n) is 1.04. The zero-order valence-electron chi connectivity index (χ0n) is 7.17. The molecule has 2 nitrogen and oxygen atoms in total. The molecular formula is C9H12ClNO. The first-order chi connectivity index (χ1) is 5.65. The topological polar surface area (TPSA) is 35.2 Å². The van der Waals surface area contributed by atoms with Crippen LogP contribution in [0.25, 0.3) is 0 Å². The predicted molar refractivity (Wildman–Crippen MR) is 50.4 cm³/mol. The Morgan fingerprint density at radius 1 is 1.42 bits per heavy atom. The van der Waals surface area contributed by atoms with Crippen LogP contribution in [0, 0.1) is 0 Å². The van der Waals surface area contributed by atoms with Crippen molar-refractivity contribution in [1.82, 2.24) is 0 Å². The van der Waals surface area contributed by atoms with Gasteiger partial charge in [0.05, 0.1) is 0 Å². The number of hydrogen-bond donors (Lipinski definition) is 1. The summed E-state index contributed by atoms with van der Waals surface area (Å²) in [6, 6.07) is 5.39. The molecule has 2 N–H and O–H groups in total. The van der Waals surface area contributed by atoms with Crippen LogP contribution in [0.5, 0.6) is 5.75 Å². The van der Waals surface area contributed by atoms with Crippen molar-refractivity contribution in [3.8, 4) is 5.75 Å². The molecule has 0 heterocycles. The molecule has 0 aromatic heterocycles. The van der Waals surface area contributed by atoms with Crippen molar-refractivity contribution in [1.29, 1.82) is 0 Å². The first-order valence-electron chi connectivity index (χ1n) is 3.81. The standard InChI is InChI=1S/C9H12ClNO/c1-6(2)8-5-7(12-11)3-4-9(8)10/h3-6H,11H2,1-2H3. The quantitative estimate of drug-likeness (QED) is 0.720. The maximum absolute atomic E-state index is 5.95. The van der Waals surface area contributed by atoms with Gasteiger partial charge < -0.3 is 4.84 Å². The van der Waals surface area contributed by atoms with E-state index in [0.717, 1.165) is 10.6 Å². The molecule has 0 atom stereocenters. The molecule has 12 heavy (non-hydrogen) atoms. The molecule has 0 fully saturated rings. The summed E-state index contributed by atoms with van der Waals surface area (Å²) in [5.41, 5.74) is 1.06. The maximum Gasteiger partial charge on any atom is 0.147 e. The summed E-state index contributed by atoms with van der Waals surface area (Å²) in [5.74, 6) is 6.05. The highest BCUT2D eigenvalue weighted by Gasteiger charge is 2.05. The highest BCUT2D eigenvalue weighted by Crippen LogP contribution is 2.27. The Bertz CT molecular complexity index is 273. The molecule has 1 aromatic carbocycles. The molecule has 0 aliphatic carbocycles. The Kier molecular flexibility index (Phi) is 2.95. The van der Waals surface area contributed by atoms with Gasteiger partial charge in [0, 0.05) is 5.02 Å². The van der Waals surface area contributed by atoms with E-state index in [9.17, 15) is 0 Å². The fraction of sp³-hybridized carbons (Fsp3) is 0.333. The van der Waals surface area contributed by atoms with Crippen molar-refractivity contribution in [3.63, 3.8) is 0 Å². The van der Waals surface area contributed by atoms with Gasteiger partial charge in [-0.2, -0.15) is 5.90 Å². The lowest BCUT2D eigenvalue weighted by molar-refractivity contribution is 0.334. The van der Waals surface area contributed by atoms with Crippen molar-refractivity contribution in [2.45, 2.75) is 19.8 Å². The Balaban J connectivity index is 3.08. The lowest BCUT2D eigenvalue weighted by atomic mass is 10.0. The summed E-state index contributed by atoms with van der Waals surface area (Å²) in [6.07, 6.45) is 0. The first kappa shape index (κ1) is 9.36. The van der Waals surface area contributed by atoms with Gasteiger partial charge in [-0.05, 0) is 29.7 Å². The van der Waals surface area contributed by atoms with Crippen LogP contribution >= 0.6 is 11.6 Å². The van der Waals surface area contributed by atoms with E-state index in [0.29, 0.717) is 11.7 Å². The number of hydrogen-bond acceptors (Lipinski definition) is 2. The Hall–Kier alpha value is -0.730. The van der Waals surface area contributed by atoms with Gasteiger partial charge in [0.2, 0.25) is 0 Å². The molecule has 0 saturated carbocycles. The van der Waals surface area contributed by atoms with Gasteiger partial charge in [-0.3, -0.25) is 0 Å². The number of rotatable bonds is 2. The Morgan fingerprint density at radius 2 is 2.08 bits per heavy atom. The summed E-state index contributed by atoms with van der Waals surface area (Å²) in [7, 11) is 0. The third kappa shape index (κ3) is 1.90. The minimum atomic E-state index is 0.382.